The van der Waals surface area contributed by atoms with Gasteiger partial charge in [-0.1, -0.05) is 38.0 Å². The molecular formula is C30H39N9O2. The lowest BCUT2D eigenvalue weighted by Crippen LogP contribution is -2.40. The van der Waals surface area contributed by atoms with Crippen LogP contribution in [0.5, 0.6) is 0 Å². The smallest absolute Gasteiger partial charge is 0.284 e. The zero-order valence-electron chi connectivity index (χ0n) is 24.2. The first-order chi connectivity index (χ1) is 19.8. The van der Waals surface area contributed by atoms with Crippen molar-refractivity contribution in [3.05, 3.63) is 69.5 Å². The monoisotopic (exact) mass is 557 g/mol. The first-order valence-electron chi connectivity index (χ1n) is 14.4. The molecule has 0 unspecified atom stereocenters. The molecule has 11 nitrogen and oxygen atoms in total. The fraction of sp³-hybridized carbons (Fsp3) is 0.433. The maximum Gasteiger partial charge on any atom is 0.284 e. The van der Waals surface area contributed by atoms with Gasteiger partial charge in [-0.3, -0.25) is 14.3 Å². The minimum atomic E-state index is -0.140. The minimum absolute atomic E-state index is 0. The summed E-state index contributed by atoms with van der Waals surface area (Å²) < 4.78 is 5.61. The number of H-pyrrole nitrogens is 1. The van der Waals surface area contributed by atoms with Gasteiger partial charge in [0.1, 0.15) is 11.3 Å². The molecule has 0 atom stereocenters. The number of aromatic amines is 1. The van der Waals surface area contributed by atoms with E-state index in [2.05, 4.69) is 50.0 Å². The normalized spacial score (nSPS) is 13.5. The summed E-state index contributed by atoms with van der Waals surface area (Å²) in [4.78, 5) is 33.1. The maximum absolute atomic E-state index is 13.4. The van der Waals surface area contributed by atoms with E-state index >= 15 is 0 Å². The fourth-order valence-corrected chi connectivity index (χ4v) is 5.76. The molecule has 1 aromatic carbocycles. The average Bonchev–Trinajstić information content (AvgIpc) is 3.69. The SMILES string of the molecule is CCCCCn1c2cc(-c3cnn(Cc4ccc5c(c4)CCN(C(=O)CN(C)C)C5)c3)[nH]c2c(=O)n2c(C)nnc12.[HH]. The van der Waals surface area contributed by atoms with Crippen LogP contribution in [0.25, 0.3) is 28.1 Å². The molecule has 41 heavy (non-hydrogen) atoms. The van der Waals surface area contributed by atoms with Gasteiger partial charge in [0.05, 0.1) is 30.5 Å². The molecule has 1 N–H and O–H groups in total. The Hall–Kier alpha value is -4.25. The number of likely N-dealkylation sites (N-methyl/N-ethyl adjacent to an activating group) is 1. The number of fused-ring (bicyclic) bond motifs is 3. The van der Waals surface area contributed by atoms with E-state index in [4.69, 9.17) is 0 Å². The van der Waals surface area contributed by atoms with Crippen LogP contribution in [-0.4, -0.2) is 76.8 Å². The molecule has 0 saturated heterocycles. The average molecular weight is 558 g/mol. The number of hydrogen-bond acceptors (Lipinski definition) is 6. The standard InChI is InChI=1S/C30H37N9O2.H2/c1-5-6-7-11-38-26-14-25(32-28(26)29(41)39-20(2)33-34-30(38)39)24-15-31-37(18-24)16-21-8-9-23-17-36(12-10-22(23)13-21)27(40)19-35(3)4;/h8-9,13-15,18,32H,5-7,10-12,16-17,19H2,1-4H3;1H. The van der Waals surface area contributed by atoms with Crippen molar-refractivity contribution in [1.29, 1.82) is 0 Å². The first-order valence-corrected chi connectivity index (χ1v) is 14.4. The Kier molecular flexibility index (Phi) is 7.21. The van der Waals surface area contributed by atoms with Crippen LogP contribution in [0.2, 0.25) is 0 Å². The Morgan fingerprint density at radius 1 is 1.15 bits per heavy atom. The number of nitrogens with one attached hydrogen (secondary N) is 1. The third-order valence-corrected chi connectivity index (χ3v) is 7.92. The molecule has 1 aliphatic heterocycles. The highest BCUT2D eigenvalue weighted by Gasteiger charge is 2.22. The fourth-order valence-electron chi connectivity index (χ4n) is 5.76. The van der Waals surface area contributed by atoms with Gasteiger partial charge in [0.25, 0.3) is 5.56 Å². The van der Waals surface area contributed by atoms with Crippen LogP contribution in [0.15, 0.2) is 41.5 Å². The zero-order valence-corrected chi connectivity index (χ0v) is 24.2. The van der Waals surface area contributed by atoms with Gasteiger partial charge >= 0.3 is 0 Å². The molecular weight excluding hydrogens is 518 g/mol. The van der Waals surface area contributed by atoms with Crippen molar-refractivity contribution in [1.82, 2.24) is 43.7 Å². The summed E-state index contributed by atoms with van der Waals surface area (Å²) in [6.45, 7) is 7.23. The highest BCUT2D eigenvalue weighted by atomic mass is 16.2. The Bertz CT molecular complexity index is 1800. The number of carbonyl (C=O) groups excluding carboxylic acids is 1. The van der Waals surface area contributed by atoms with Crippen molar-refractivity contribution in [2.75, 3.05) is 27.2 Å². The zero-order chi connectivity index (χ0) is 28.7. The van der Waals surface area contributed by atoms with E-state index in [1.165, 1.54) is 16.7 Å². The predicted octanol–water partition coefficient (Wildman–Crippen LogP) is 3.48. The van der Waals surface area contributed by atoms with Gasteiger partial charge in [-0.2, -0.15) is 5.10 Å². The Morgan fingerprint density at radius 3 is 2.80 bits per heavy atom. The summed E-state index contributed by atoms with van der Waals surface area (Å²) in [5.74, 6) is 1.33. The van der Waals surface area contributed by atoms with Gasteiger partial charge in [-0.05, 0) is 56.6 Å². The van der Waals surface area contributed by atoms with Crippen molar-refractivity contribution in [3.63, 3.8) is 0 Å². The number of aryl methyl sites for hydroxylation is 2. The van der Waals surface area contributed by atoms with E-state index < -0.39 is 0 Å². The quantitative estimate of drug-likeness (QED) is 0.278. The van der Waals surface area contributed by atoms with E-state index in [0.29, 0.717) is 36.8 Å². The Labute approximate surface area is 239 Å². The number of aromatic nitrogens is 7. The number of benzene rings is 1. The highest BCUT2D eigenvalue weighted by molar-refractivity contribution is 5.84. The third-order valence-electron chi connectivity index (χ3n) is 7.92. The molecule has 6 rings (SSSR count). The summed E-state index contributed by atoms with van der Waals surface area (Å²) in [6.07, 6.45) is 7.92. The Balaban J connectivity index is 0.00000353. The molecule has 1 amide bonds. The van der Waals surface area contributed by atoms with Crippen LogP contribution in [0, 0.1) is 6.92 Å². The van der Waals surface area contributed by atoms with Gasteiger partial charge in [0, 0.05) is 32.8 Å². The molecule has 4 aromatic heterocycles. The van der Waals surface area contributed by atoms with E-state index in [9.17, 15) is 9.59 Å². The molecule has 5 heterocycles. The molecule has 0 fully saturated rings. The van der Waals surface area contributed by atoms with E-state index in [1.54, 1.807) is 11.3 Å². The third kappa shape index (κ3) is 5.17. The molecule has 0 spiro atoms. The van der Waals surface area contributed by atoms with Crippen LogP contribution in [0.3, 0.4) is 0 Å². The molecule has 0 saturated carbocycles. The van der Waals surface area contributed by atoms with Crippen molar-refractivity contribution < 1.29 is 6.22 Å². The number of unbranched alkanes of at least 4 members (excludes halogenated alkanes) is 2. The number of hydrogen-bond donors (Lipinski definition) is 1. The second-order valence-electron chi connectivity index (χ2n) is 11.3. The largest absolute Gasteiger partial charge is 0.349 e. The van der Waals surface area contributed by atoms with E-state index in [1.807, 2.05) is 47.0 Å². The van der Waals surface area contributed by atoms with Crippen molar-refractivity contribution in [3.8, 4) is 11.3 Å². The molecule has 0 bridgehead atoms. The number of rotatable bonds is 9. The molecule has 11 heteroatoms. The van der Waals surface area contributed by atoms with Gasteiger partial charge in [-0.25, -0.2) is 4.40 Å². The second kappa shape index (κ2) is 11.0. The minimum Gasteiger partial charge on any atom is -0.349 e. The van der Waals surface area contributed by atoms with Crippen molar-refractivity contribution in [2.45, 2.75) is 59.2 Å². The summed E-state index contributed by atoms with van der Waals surface area (Å²) >= 11 is 0. The van der Waals surface area contributed by atoms with Crippen LogP contribution in [0.1, 0.15) is 50.1 Å². The van der Waals surface area contributed by atoms with Crippen LogP contribution >= 0.6 is 0 Å². The van der Waals surface area contributed by atoms with E-state index in [-0.39, 0.29) is 12.9 Å². The van der Waals surface area contributed by atoms with E-state index in [0.717, 1.165) is 55.5 Å². The van der Waals surface area contributed by atoms with Crippen LogP contribution < -0.4 is 5.56 Å². The van der Waals surface area contributed by atoms with Gasteiger partial charge < -0.3 is 19.4 Å². The summed E-state index contributed by atoms with van der Waals surface area (Å²) in [7, 11) is 3.84. The molecule has 0 radical (unpaired) electrons. The van der Waals surface area contributed by atoms with Crippen LogP contribution in [0.4, 0.5) is 0 Å². The summed E-state index contributed by atoms with van der Waals surface area (Å²) in [5, 5.41) is 13.1. The van der Waals surface area contributed by atoms with Crippen molar-refractivity contribution >= 4 is 22.7 Å². The predicted molar refractivity (Wildman–Crippen MR) is 160 cm³/mol. The lowest BCUT2D eigenvalue weighted by atomic mass is 9.97. The highest BCUT2D eigenvalue weighted by Crippen LogP contribution is 2.25. The van der Waals surface area contributed by atoms with Gasteiger partial charge in [-0.15, -0.1) is 10.2 Å². The number of nitrogens with zero attached hydrogens (tertiary/aromatic N) is 8. The van der Waals surface area contributed by atoms with Crippen LogP contribution in [-0.2, 0) is 30.8 Å². The lowest BCUT2D eigenvalue weighted by Gasteiger charge is -2.30. The lowest BCUT2D eigenvalue weighted by molar-refractivity contribution is -0.132. The molecule has 1 aliphatic rings. The molecule has 0 aliphatic carbocycles. The van der Waals surface area contributed by atoms with Gasteiger partial charge in [0.2, 0.25) is 11.7 Å². The number of carbonyl (C=O) groups is 1. The molecule has 216 valence electrons. The van der Waals surface area contributed by atoms with Crippen molar-refractivity contribution in [2.24, 2.45) is 0 Å². The molecule has 5 aromatic rings. The Morgan fingerprint density at radius 2 is 2.00 bits per heavy atom. The topological polar surface area (TPSA) is 109 Å². The first kappa shape index (κ1) is 26.9. The summed E-state index contributed by atoms with van der Waals surface area (Å²) in [6, 6.07) is 8.53. The second-order valence-corrected chi connectivity index (χ2v) is 11.3. The number of amides is 1. The maximum atomic E-state index is 13.4. The summed E-state index contributed by atoms with van der Waals surface area (Å²) in [5.41, 5.74) is 6.69. The van der Waals surface area contributed by atoms with Gasteiger partial charge in [0.15, 0.2) is 0 Å².